The standard InChI is InChI=1S/C26H32O5P/c1-5-30-20-14-11-15-21(31-6-2)23(20)24(27)26(16-8-7-9-17-26)32(29)25(28)22-18(3)12-10-13-19(22)4/h10-15H,5-9,16-17H2,1-4H3. The molecule has 2 aromatic carbocycles. The van der Waals surface area contributed by atoms with Crippen molar-refractivity contribution in [3.8, 4) is 11.5 Å². The summed E-state index contributed by atoms with van der Waals surface area (Å²) in [7, 11) is -2.51. The Morgan fingerprint density at radius 3 is 1.84 bits per heavy atom. The van der Waals surface area contributed by atoms with Crippen molar-refractivity contribution in [2.75, 3.05) is 13.2 Å². The Hall–Kier alpha value is -2.52. The second kappa shape index (κ2) is 10.4. The normalized spacial score (nSPS) is 15.7. The van der Waals surface area contributed by atoms with Gasteiger partial charge in [0.05, 0.1) is 13.2 Å². The van der Waals surface area contributed by atoms with E-state index in [4.69, 9.17) is 9.47 Å². The van der Waals surface area contributed by atoms with Crippen LogP contribution in [0.2, 0.25) is 0 Å². The molecule has 1 aliphatic rings. The first-order valence-electron chi connectivity index (χ1n) is 11.4. The van der Waals surface area contributed by atoms with E-state index in [1.54, 1.807) is 18.2 Å². The maximum atomic E-state index is 14.2. The van der Waals surface area contributed by atoms with E-state index in [2.05, 4.69) is 0 Å². The lowest BCUT2D eigenvalue weighted by Gasteiger charge is -2.35. The van der Waals surface area contributed by atoms with Crippen LogP contribution in [0.5, 0.6) is 11.5 Å². The van der Waals surface area contributed by atoms with E-state index < -0.39 is 18.5 Å². The van der Waals surface area contributed by atoms with Gasteiger partial charge in [-0.15, -0.1) is 0 Å². The highest BCUT2D eigenvalue weighted by Crippen LogP contribution is 2.54. The van der Waals surface area contributed by atoms with Gasteiger partial charge in [-0.3, -0.25) is 14.2 Å². The number of Topliss-reactive ketones (excluding diaryl/α,β-unsaturated/α-hetero) is 1. The Bertz CT molecular complexity index is 976. The molecule has 0 aliphatic heterocycles. The van der Waals surface area contributed by atoms with Crippen LogP contribution in [-0.4, -0.2) is 29.7 Å². The number of ketones is 1. The SMILES string of the molecule is CCOc1cccc(OCC)c1C(=O)C1([P](=O)C(=O)c2c(C)cccc2C)CCCCC1. The molecule has 0 spiro atoms. The summed E-state index contributed by atoms with van der Waals surface area (Å²) in [6.45, 7) is 8.16. The third kappa shape index (κ3) is 4.49. The quantitative estimate of drug-likeness (QED) is 0.313. The first kappa shape index (κ1) is 24.1. The third-order valence-corrected chi connectivity index (χ3v) is 8.21. The van der Waals surface area contributed by atoms with Gasteiger partial charge in [0, 0.05) is 5.56 Å². The number of aryl methyl sites for hydroxylation is 2. The highest BCUT2D eigenvalue weighted by atomic mass is 31.1. The average Bonchev–Trinajstić information content (AvgIpc) is 2.79. The van der Waals surface area contributed by atoms with Gasteiger partial charge in [0.15, 0.2) is 13.6 Å². The number of ether oxygens (including phenoxy) is 2. The monoisotopic (exact) mass is 455 g/mol. The summed E-state index contributed by atoms with van der Waals surface area (Å²) in [5.74, 6) is 0.526. The lowest BCUT2D eigenvalue weighted by Crippen LogP contribution is -2.39. The summed E-state index contributed by atoms with van der Waals surface area (Å²) in [6.07, 6.45) is 3.32. The smallest absolute Gasteiger partial charge is 0.243 e. The molecule has 0 bridgehead atoms. The first-order valence-corrected chi connectivity index (χ1v) is 12.6. The van der Waals surface area contributed by atoms with E-state index in [0.29, 0.717) is 48.7 Å². The number of rotatable bonds is 9. The molecule has 0 N–H and O–H groups in total. The fourth-order valence-corrected chi connectivity index (χ4v) is 6.59. The molecule has 1 unspecified atom stereocenters. The van der Waals surface area contributed by atoms with Gasteiger partial charge in [-0.2, -0.15) is 0 Å². The lowest BCUT2D eigenvalue weighted by atomic mass is 9.82. The van der Waals surface area contributed by atoms with Crippen LogP contribution in [0.15, 0.2) is 36.4 Å². The maximum Gasteiger partial charge on any atom is 0.243 e. The summed E-state index contributed by atoms with van der Waals surface area (Å²) in [5.41, 5.74) is 1.89. The second-order valence-corrected chi connectivity index (χ2v) is 10.1. The lowest BCUT2D eigenvalue weighted by molar-refractivity contribution is 0.0895. The van der Waals surface area contributed by atoms with Crippen molar-refractivity contribution in [2.45, 2.75) is 65.0 Å². The summed E-state index contributed by atoms with van der Waals surface area (Å²) in [4.78, 5) is 27.7. The fraction of sp³-hybridized carbons (Fsp3) is 0.462. The molecule has 1 radical (unpaired) electrons. The van der Waals surface area contributed by atoms with Gasteiger partial charge in [0.25, 0.3) is 0 Å². The molecule has 171 valence electrons. The van der Waals surface area contributed by atoms with Crippen molar-refractivity contribution in [1.82, 2.24) is 0 Å². The van der Waals surface area contributed by atoms with Crippen LogP contribution in [0, 0.1) is 13.8 Å². The van der Waals surface area contributed by atoms with Gasteiger partial charge < -0.3 is 9.47 Å². The van der Waals surface area contributed by atoms with E-state index in [-0.39, 0.29) is 5.78 Å². The van der Waals surface area contributed by atoms with Crippen molar-refractivity contribution >= 4 is 19.1 Å². The molecule has 1 fully saturated rings. The highest BCUT2D eigenvalue weighted by molar-refractivity contribution is 7.67. The van der Waals surface area contributed by atoms with Crippen molar-refractivity contribution in [3.63, 3.8) is 0 Å². The number of hydrogen-bond donors (Lipinski definition) is 0. The minimum Gasteiger partial charge on any atom is -0.493 e. The van der Waals surface area contributed by atoms with Crippen molar-refractivity contribution in [3.05, 3.63) is 58.7 Å². The van der Waals surface area contributed by atoms with Crippen LogP contribution in [0.4, 0.5) is 0 Å². The molecule has 1 saturated carbocycles. The van der Waals surface area contributed by atoms with E-state index >= 15 is 0 Å². The molecule has 5 nitrogen and oxygen atoms in total. The third-order valence-electron chi connectivity index (χ3n) is 6.19. The minimum absolute atomic E-state index is 0.301. The van der Waals surface area contributed by atoms with Crippen molar-refractivity contribution in [2.24, 2.45) is 0 Å². The summed E-state index contributed by atoms with van der Waals surface area (Å²) >= 11 is 0. The average molecular weight is 456 g/mol. The number of carbonyl (C=O) groups is 2. The van der Waals surface area contributed by atoms with Crippen molar-refractivity contribution in [1.29, 1.82) is 0 Å². The van der Waals surface area contributed by atoms with Gasteiger partial charge in [-0.1, -0.05) is 43.5 Å². The number of benzene rings is 2. The van der Waals surface area contributed by atoms with Gasteiger partial charge in [0.1, 0.15) is 22.2 Å². The van der Waals surface area contributed by atoms with Gasteiger partial charge in [-0.05, 0) is 63.8 Å². The van der Waals surface area contributed by atoms with Crippen LogP contribution in [0.25, 0.3) is 0 Å². The molecule has 1 atom stereocenters. The highest BCUT2D eigenvalue weighted by Gasteiger charge is 2.50. The Balaban J connectivity index is 2.14. The topological polar surface area (TPSA) is 69.7 Å². The Morgan fingerprint density at radius 1 is 0.844 bits per heavy atom. The first-order chi connectivity index (χ1) is 15.4. The molecule has 32 heavy (non-hydrogen) atoms. The van der Waals surface area contributed by atoms with Crippen molar-refractivity contribution < 1.29 is 23.6 Å². The zero-order chi connectivity index (χ0) is 23.3. The Kier molecular flexibility index (Phi) is 7.84. The molecule has 3 rings (SSSR count). The summed E-state index contributed by atoms with van der Waals surface area (Å²) in [5, 5.41) is -1.25. The predicted molar refractivity (Wildman–Crippen MR) is 127 cm³/mol. The summed E-state index contributed by atoms with van der Waals surface area (Å²) in [6, 6.07) is 10.8. The fourth-order valence-electron chi connectivity index (χ4n) is 4.63. The number of hydrogen-bond acceptors (Lipinski definition) is 5. The maximum absolute atomic E-state index is 14.2. The predicted octanol–water partition coefficient (Wildman–Crippen LogP) is 6.65. The molecule has 1 aliphatic carbocycles. The molecular formula is C26H32O5P. The van der Waals surface area contributed by atoms with Crippen LogP contribution >= 0.6 is 7.80 Å². The van der Waals surface area contributed by atoms with Gasteiger partial charge >= 0.3 is 0 Å². The Morgan fingerprint density at radius 2 is 1.34 bits per heavy atom. The molecule has 6 heteroatoms. The number of carbonyl (C=O) groups excluding carboxylic acids is 2. The zero-order valence-corrected chi connectivity index (χ0v) is 20.3. The van der Waals surface area contributed by atoms with Crippen LogP contribution in [-0.2, 0) is 4.57 Å². The van der Waals surface area contributed by atoms with E-state index in [0.717, 1.165) is 30.4 Å². The van der Waals surface area contributed by atoms with E-state index in [1.807, 2.05) is 45.9 Å². The van der Waals surface area contributed by atoms with Gasteiger partial charge in [0.2, 0.25) is 5.52 Å². The van der Waals surface area contributed by atoms with E-state index in [9.17, 15) is 14.2 Å². The molecule has 0 saturated heterocycles. The molecule has 0 heterocycles. The molecular weight excluding hydrogens is 423 g/mol. The second-order valence-electron chi connectivity index (χ2n) is 8.28. The zero-order valence-electron chi connectivity index (χ0n) is 19.4. The van der Waals surface area contributed by atoms with Crippen LogP contribution in [0.1, 0.15) is 77.8 Å². The van der Waals surface area contributed by atoms with E-state index in [1.165, 1.54) is 0 Å². The van der Waals surface area contributed by atoms with Crippen LogP contribution in [0.3, 0.4) is 0 Å². The largest absolute Gasteiger partial charge is 0.493 e. The van der Waals surface area contributed by atoms with Crippen LogP contribution < -0.4 is 9.47 Å². The molecule has 0 aromatic heterocycles. The van der Waals surface area contributed by atoms with Gasteiger partial charge in [-0.25, -0.2) is 0 Å². The molecule has 0 amide bonds. The Labute approximate surface area is 191 Å². The molecule has 2 aromatic rings. The minimum atomic E-state index is -2.51. The summed E-state index contributed by atoms with van der Waals surface area (Å²) < 4.78 is 25.5.